The molecule has 24 heavy (non-hydrogen) atoms. The lowest BCUT2D eigenvalue weighted by Gasteiger charge is -2.04. The molecular formula is C20H16N2O2. The Hall–Kier alpha value is -3.32. The summed E-state index contributed by atoms with van der Waals surface area (Å²) in [6.07, 6.45) is 3.51. The van der Waals surface area contributed by atoms with Gasteiger partial charge in [0, 0.05) is 22.8 Å². The Morgan fingerprint density at radius 1 is 1.17 bits per heavy atom. The van der Waals surface area contributed by atoms with Gasteiger partial charge in [-0.3, -0.25) is 0 Å². The normalized spacial score (nSPS) is 11.2. The Morgan fingerprint density at radius 2 is 1.88 bits per heavy atom. The van der Waals surface area contributed by atoms with Crippen LogP contribution in [0.3, 0.4) is 0 Å². The average Bonchev–Trinajstić information content (AvgIpc) is 2.99. The van der Waals surface area contributed by atoms with Gasteiger partial charge < -0.3 is 9.30 Å². The molecule has 3 rings (SSSR count). The van der Waals surface area contributed by atoms with E-state index in [0.717, 1.165) is 22.2 Å². The molecule has 0 amide bonds. The summed E-state index contributed by atoms with van der Waals surface area (Å²) in [6, 6.07) is 19.7. The van der Waals surface area contributed by atoms with E-state index in [9.17, 15) is 10.1 Å². The van der Waals surface area contributed by atoms with E-state index in [-0.39, 0.29) is 12.2 Å². The van der Waals surface area contributed by atoms with Crippen LogP contribution in [0.15, 0.2) is 66.4 Å². The fourth-order valence-corrected chi connectivity index (χ4v) is 2.62. The molecule has 0 bridgehead atoms. The summed E-state index contributed by atoms with van der Waals surface area (Å²) in [5.74, 6) is -0.600. The molecule has 0 aliphatic rings. The number of carbonyl (C=O) groups is 1. The minimum atomic E-state index is -0.600. The maximum atomic E-state index is 11.9. The fraction of sp³-hybridized carbons (Fsp3) is 0.100. The fourth-order valence-electron chi connectivity index (χ4n) is 2.62. The number of ether oxygens (including phenoxy) is 1. The van der Waals surface area contributed by atoms with Crippen molar-refractivity contribution >= 4 is 22.9 Å². The van der Waals surface area contributed by atoms with Crippen molar-refractivity contribution in [2.24, 2.45) is 0 Å². The van der Waals surface area contributed by atoms with E-state index in [1.165, 1.54) is 0 Å². The quantitative estimate of drug-likeness (QED) is 0.413. The Kier molecular flexibility index (Phi) is 4.44. The van der Waals surface area contributed by atoms with Gasteiger partial charge in [-0.2, -0.15) is 5.26 Å². The van der Waals surface area contributed by atoms with Crippen molar-refractivity contribution in [2.45, 2.75) is 6.92 Å². The van der Waals surface area contributed by atoms with Gasteiger partial charge >= 0.3 is 5.97 Å². The zero-order chi connectivity index (χ0) is 16.9. The number of hydrogen-bond acceptors (Lipinski definition) is 3. The van der Waals surface area contributed by atoms with Crippen molar-refractivity contribution in [1.82, 2.24) is 4.57 Å². The number of carbonyl (C=O) groups excluding carboxylic acids is 1. The Labute approximate surface area is 140 Å². The standard InChI is InChI=1S/C20H16N2O2/c1-2-24-20(23)15(13-21)12-16-14-22(17-8-4-3-5-9-17)19-11-7-6-10-18(16)19/h3-12,14H,2H2,1H3/b15-12+. The molecule has 1 heterocycles. The number of para-hydroxylation sites is 2. The molecule has 0 saturated carbocycles. The van der Waals surface area contributed by atoms with Crippen LogP contribution in [0.4, 0.5) is 0 Å². The third-order valence-corrected chi connectivity index (χ3v) is 3.69. The van der Waals surface area contributed by atoms with Crippen molar-refractivity contribution in [3.63, 3.8) is 0 Å². The van der Waals surface area contributed by atoms with E-state index in [2.05, 4.69) is 0 Å². The van der Waals surface area contributed by atoms with Gasteiger partial charge in [0.05, 0.1) is 12.1 Å². The molecule has 0 atom stereocenters. The van der Waals surface area contributed by atoms with Crippen LogP contribution in [-0.4, -0.2) is 17.1 Å². The number of nitrogens with zero attached hydrogens (tertiary/aromatic N) is 2. The largest absolute Gasteiger partial charge is 0.462 e. The summed E-state index contributed by atoms with van der Waals surface area (Å²) in [4.78, 5) is 11.9. The second kappa shape index (κ2) is 6.84. The SMILES string of the molecule is CCOC(=O)/C(C#N)=C/c1cn(-c2ccccc2)c2ccccc12. The van der Waals surface area contributed by atoms with E-state index in [1.54, 1.807) is 13.0 Å². The molecular weight excluding hydrogens is 300 g/mol. The number of nitriles is 1. The van der Waals surface area contributed by atoms with Crippen LogP contribution < -0.4 is 0 Å². The van der Waals surface area contributed by atoms with Crippen LogP contribution in [0.25, 0.3) is 22.7 Å². The van der Waals surface area contributed by atoms with Crippen LogP contribution in [-0.2, 0) is 9.53 Å². The van der Waals surface area contributed by atoms with E-state index >= 15 is 0 Å². The lowest BCUT2D eigenvalue weighted by molar-refractivity contribution is -0.137. The van der Waals surface area contributed by atoms with Gasteiger partial charge in [-0.1, -0.05) is 36.4 Å². The average molecular weight is 316 g/mol. The van der Waals surface area contributed by atoms with Crippen molar-refractivity contribution in [2.75, 3.05) is 6.61 Å². The molecule has 4 heteroatoms. The van der Waals surface area contributed by atoms with E-state index < -0.39 is 5.97 Å². The van der Waals surface area contributed by atoms with Crippen LogP contribution in [0.1, 0.15) is 12.5 Å². The maximum absolute atomic E-state index is 11.9. The molecule has 118 valence electrons. The number of benzene rings is 2. The molecule has 2 aromatic carbocycles. The van der Waals surface area contributed by atoms with Gasteiger partial charge in [0.15, 0.2) is 0 Å². The topological polar surface area (TPSA) is 55.0 Å². The second-order valence-electron chi connectivity index (χ2n) is 5.20. The third kappa shape index (κ3) is 2.92. The van der Waals surface area contributed by atoms with Gasteiger partial charge in [-0.25, -0.2) is 4.79 Å². The summed E-state index contributed by atoms with van der Waals surface area (Å²) in [5.41, 5.74) is 2.82. The first kappa shape index (κ1) is 15.6. The van der Waals surface area contributed by atoms with Crippen molar-refractivity contribution in [3.05, 3.63) is 71.9 Å². The number of aromatic nitrogens is 1. The first-order valence-electron chi connectivity index (χ1n) is 7.69. The highest BCUT2D eigenvalue weighted by Crippen LogP contribution is 2.26. The van der Waals surface area contributed by atoms with Gasteiger partial charge in [-0.05, 0) is 31.2 Å². The lowest BCUT2D eigenvalue weighted by Crippen LogP contribution is -2.05. The molecule has 4 nitrogen and oxygen atoms in total. The van der Waals surface area contributed by atoms with E-state index in [4.69, 9.17) is 4.74 Å². The van der Waals surface area contributed by atoms with Crippen molar-refractivity contribution in [3.8, 4) is 11.8 Å². The summed E-state index contributed by atoms with van der Waals surface area (Å²) < 4.78 is 6.98. The highest BCUT2D eigenvalue weighted by Gasteiger charge is 2.13. The van der Waals surface area contributed by atoms with Crippen LogP contribution in [0.5, 0.6) is 0 Å². The molecule has 0 unspecified atom stereocenters. The van der Waals surface area contributed by atoms with Gasteiger partial charge in [-0.15, -0.1) is 0 Å². The number of esters is 1. The summed E-state index contributed by atoms with van der Waals surface area (Å²) >= 11 is 0. The molecule has 0 N–H and O–H groups in total. The predicted molar refractivity (Wildman–Crippen MR) is 93.5 cm³/mol. The van der Waals surface area contributed by atoms with Gasteiger partial charge in [0.1, 0.15) is 11.6 Å². The molecule has 0 radical (unpaired) electrons. The highest BCUT2D eigenvalue weighted by molar-refractivity contribution is 6.01. The van der Waals surface area contributed by atoms with Gasteiger partial charge in [0.25, 0.3) is 0 Å². The van der Waals surface area contributed by atoms with E-state index in [1.807, 2.05) is 71.4 Å². The molecule has 0 aliphatic heterocycles. The third-order valence-electron chi connectivity index (χ3n) is 3.69. The summed E-state index contributed by atoms with van der Waals surface area (Å²) in [7, 11) is 0. The molecule has 1 aromatic heterocycles. The zero-order valence-electron chi connectivity index (χ0n) is 13.3. The number of hydrogen-bond donors (Lipinski definition) is 0. The molecule has 3 aromatic rings. The Bertz CT molecular complexity index is 947. The zero-order valence-corrected chi connectivity index (χ0v) is 13.3. The first-order chi connectivity index (χ1) is 11.7. The van der Waals surface area contributed by atoms with Crippen molar-refractivity contribution in [1.29, 1.82) is 5.26 Å². The van der Waals surface area contributed by atoms with Crippen LogP contribution in [0.2, 0.25) is 0 Å². The van der Waals surface area contributed by atoms with Crippen molar-refractivity contribution < 1.29 is 9.53 Å². The molecule has 0 aliphatic carbocycles. The monoisotopic (exact) mass is 316 g/mol. The Morgan fingerprint density at radius 3 is 2.58 bits per heavy atom. The second-order valence-corrected chi connectivity index (χ2v) is 5.20. The molecule has 0 spiro atoms. The Balaban J connectivity index is 2.16. The smallest absolute Gasteiger partial charge is 0.348 e. The minimum absolute atomic E-state index is 0.00665. The first-order valence-corrected chi connectivity index (χ1v) is 7.69. The summed E-state index contributed by atoms with van der Waals surface area (Å²) in [5, 5.41) is 10.2. The van der Waals surface area contributed by atoms with Crippen LogP contribution >= 0.6 is 0 Å². The highest BCUT2D eigenvalue weighted by atomic mass is 16.5. The van der Waals surface area contributed by atoms with Gasteiger partial charge in [0.2, 0.25) is 0 Å². The molecule has 0 saturated heterocycles. The summed E-state index contributed by atoms with van der Waals surface area (Å²) in [6.45, 7) is 1.96. The lowest BCUT2D eigenvalue weighted by atomic mass is 10.1. The van der Waals surface area contributed by atoms with E-state index in [0.29, 0.717) is 0 Å². The number of rotatable bonds is 4. The number of fused-ring (bicyclic) bond motifs is 1. The maximum Gasteiger partial charge on any atom is 0.348 e. The van der Waals surface area contributed by atoms with Crippen LogP contribution in [0, 0.1) is 11.3 Å². The predicted octanol–water partition coefficient (Wildman–Crippen LogP) is 4.10. The molecule has 0 fully saturated rings. The minimum Gasteiger partial charge on any atom is -0.462 e.